The van der Waals surface area contributed by atoms with Crippen molar-refractivity contribution in [1.29, 1.82) is 0 Å². The average Bonchev–Trinajstić information content (AvgIpc) is 3.06. The van der Waals surface area contributed by atoms with Crippen LogP contribution in [-0.2, 0) is 0 Å². The zero-order valence-corrected chi connectivity index (χ0v) is 16.9. The molecule has 0 amide bonds. The number of hydrogen-bond donors (Lipinski definition) is 0. The van der Waals surface area contributed by atoms with Crippen molar-refractivity contribution in [3.05, 3.63) is 66.1 Å². The Bertz CT molecular complexity index is 874. The van der Waals surface area contributed by atoms with E-state index in [2.05, 4.69) is 36.2 Å². The van der Waals surface area contributed by atoms with Crippen LogP contribution < -0.4 is 4.74 Å². The van der Waals surface area contributed by atoms with E-state index in [0.717, 1.165) is 52.6 Å². The number of azo groups is 1. The minimum Gasteiger partial charge on any atom is -0.494 e. The van der Waals surface area contributed by atoms with Crippen molar-refractivity contribution in [2.75, 3.05) is 6.61 Å². The lowest BCUT2D eigenvalue weighted by Crippen LogP contribution is -1.96. The Labute approximate surface area is 167 Å². The molecule has 0 fully saturated rings. The van der Waals surface area contributed by atoms with E-state index in [1.54, 1.807) is 6.26 Å². The van der Waals surface area contributed by atoms with Crippen LogP contribution in [0.5, 0.6) is 5.75 Å². The molecule has 3 rings (SSSR count). The lowest BCUT2D eigenvalue weighted by molar-refractivity contribution is 0.305. The molecule has 4 nitrogen and oxygen atoms in total. The first kappa shape index (κ1) is 19.9. The second-order valence-electron chi connectivity index (χ2n) is 7.00. The van der Waals surface area contributed by atoms with Gasteiger partial charge >= 0.3 is 0 Å². The molecule has 0 aliphatic heterocycles. The van der Waals surface area contributed by atoms with E-state index in [9.17, 15) is 0 Å². The molecule has 0 saturated heterocycles. The number of hydrogen-bond acceptors (Lipinski definition) is 4. The molecule has 2 aromatic carbocycles. The predicted molar refractivity (Wildman–Crippen MR) is 114 cm³/mol. The van der Waals surface area contributed by atoms with Gasteiger partial charge in [0.15, 0.2) is 0 Å². The minimum atomic E-state index is 0.767. The fourth-order valence-electron chi connectivity index (χ4n) is 3.14. The Morgan fingerprint density at radius 1 is 0.821 bits per heavy atom. The summed E-state index contributed by atoms with van der Waals surface area (Å²) in [4.78, 5) is 0. The molecule has 0 unspecified atom stereocenters. The maximum atomic E-state index is 5.76. The highest BCUT2D eigenvalue weighted by Crippen LogP contribution is 2.30. The van der Waals surface area contributed by atoms with Crippen LogP contribution in [-0.4, -0.2) is 6.61 Å². The van der Waals surface area contributed by atoms with Gasteiger partial charge in [-0.05, 0) is 67.8 Å². The summed E-state index contributed by atoms with van der Waals surface area (Å²) in [5.41, 5.74) is 5.04. The monoisotopic (exact) mass is 376 g/mol. The summed E-state index contributed by atoms with van der Waals surface area (Å²) in [5.74, 6) is 1.81. The van der Waals surface area contributed by atoms with E-state index in [1.807, 2.05) is 43.3 Å². The van der Waals surface area contributed by atoms with Gasteiger partial charge in [0.1, 0.15) is 11.5 Å². The van der Waals surface area contributed by atoms with Crippen LogP contribution in [0, 0.1) is 13.8 Å². The molecule has 0 spiro atoms. The highest BCUT2D eigenvalue weighted by molar-refractivity contribution is 5.70. The number of furan rings is 1. The van der Waals surface area contributed by atoms with E-state index in [-0.39, 0.29) is 0 Å². The standard InChI is InChI=1S/C24H28N2O2/c1-4-5-6-7-16-27-23-14-12-22(13-15-23)26-25-21-10-8-20(9-11-21)24-18(2)17-28-19(24)3/h8-15,17H,4-7,16H2,1-3H3. The van der Waals surface area contributed by atoms with Crippen molar-refractivity contribution in [3.8, 4) is 16.9 Å². The Balaban J connectivity index is 1.56. The molecule has 146 valence electrons. The van der Waals surface area contributed by atoms with Crippen LogP contribution in [0.15, 0.2) is 69.4 Å². The van der Waals surface area contributed by atoms with Crippen LogP contribution in [0.4, 0.5) is 11.4 Å². The van der Waals surface area contributed by atoms with E-state index in [4.69, 9.17) is 9.15 Å². The third-order valence-electron chi connectivity index (χ3n) is 4.70. The Morgan fingerprint density at radius 3 is 2.04 bits per heavy atom. The maximum absolute atomic E-state index is 5.76. The van der Waals surface area contributed by atoms with Crippen molar-refractivity contribution in [2.24, 2.45) is 10.2 Å². The van der Waals surface area contributed by atoms with Crippen LogP contribution in [0.2, 0.25) is 0 Å². The molecule has 0 aliphatic carbocycles. The molecular weight excluding hydrogens is 348 g/mol. The molecular formula is C24H28N2O2. The normalized spacial score (nSPS) is 11.2. The van der Waals surface area contributed by atoms with Gasteiger partial charge < -0.3 is 9.15 Å². The highest BCUT2D eigenvalue weighted by Gasteiger charge is 2.08. The third kappa shape index (κ3) is 5.32. The number of unbranched alkanes of at least 4 members (excludes halogenated alkanes) is 3. The van der Waals surface area contributed by atoms with Crippen molar-refractivity contribution < 1.29 is 9.15 Å². The zero-order chi connectivity index (χ0) is 19.8. The Hall–Kier alpha value is -2.88. The molecule has 0 bridgehead atoms. The number of benzene rings is 2. The summed E-state index contributed by atoms with van der Waals surface area (Å²) < 4.78 is 11.2. The first-order valence-corrected chi connectivity index (χ1v) is 9.97. The number of aryl methyl sites for hydroxylation is 2. The molecule has 1 aromatic heterocycles. The topological polar surface area (TPSA) is 47.1 Å². The molecule has 1 heterocycles. The van der Waals surface area contributed by atoms with Crippen molar-refractivity contribution in [3.63, 3.8) is 0 Å². The molecule has 0 atom stereocenters. The van der Waals surface area contributed by atoms with Gasteiger partial charge in [0.25, 0.3) is 0 Å². The lowest BCUT2D eigenvalue weighted by Gasteiger charge is -2.05. The number of nitrogens with zero attached hydrogens (tertiary/aromatic N) is 2. The summed E-state index contributed by atoms with van der Waals surface area (Å²) in [6, 6.07) is 15.8. The summed E-state index contributed by atoms with van der Waals surface area (Å²) in [6.45, 7) is 7.01. The molecule has 3 aromatic rings. The second-order valence-corrected chi connectivity index (χ2v) is 7.00. The predicted octanol–water partition coefficient (Wildman–Crippen LogP) is 7.94. The van der Waals surface area contributed by atoms with Gasteiger partial charge in [0.05, 0.1) is 24.2 Å². The smallest absolute Gasteiger partial charge is 0.119 e. The van der Waals surface area contributed by atoms with Crippen molar-refractivity contribution in [1.82, 2.24) is 0 Å². The van der Waals surface area contributed by atoms with Gasteiger partial charge in [-0.2, -0.15) is 10.2 Å². The van der Waals surface area contributed by atoms with Gasteiger partial charge in [-0.25, -0.2) is 0 Å². The fraction of sp³-hybridized carbons (Fsp3) is 0.333. The molecule has 0 saturated carbocycles. The maximum Gasteiger partial charge on any atom is 0.119 e. The van der Waals surface area contributed by atoms with Crippen LogP contribution in [0.25, 0.3) is 11.1 Å². The summed E-state index contributed by atoms with van der Waals surface area (Å²) in [5, 5.41) is 8.65. The molecule has 4 heteroatoms. The summed E-state index contributed by atoms with van der Waals surface area (Å²) in [6.07, 6.45) is 6.62. The van der Waals surface area contributed by atoms with Gasteiger partial charge in [-0.1, -0.05) is 38.3 Å². The average molecular weight is 377 g/mol. The molecule has 0 radical (unpaired) electrons. The number of ether oxygens (including phenoxy) is 1. The Kier molecular flexibility index (Phi) is 7.01. The molecule has 0 N–H and O–H groups in total. The third-order valence-corrected chi connectivity index (χ3v) is 4.70. The second kappa shape index (κ2) is 9.88. The molecule has 0 aliphatic rings. The largest absolute Gasteiger partial charge is 0.494 e. The number of rotatable bonds is 9. The van der Waals surface area contributed by atoms with Gasteiger partial charge in [0.2, 0.25) is 0 Å². The quantitative estimate of drug-likeness (QED) is 0.281. The Morgan fingerprint density at radius 2 is 1.46 bits per heavy atom. The minimum absolute atomic E-state index is 0.767. The highest BCUT2D eigenvalue weighted by atomic mass is 16.5. The van der Waals surface area contributed by atoms with Crippen molar-refractivity contribution >= 4 is 11.4 Å². The van der Waals surface area contributed by atoms with E-state index in [0.29, 0.717) is 0 Å². The van der Waals surface area contributed by atoms with Gasteiger partial charge in [-0.15, -0.1) is 0 Å². The van der Waals surface area contributed by atoms with Crippen molar-refractivity contribution in [2.45, 2.75) is 46.5 Å². The lowest BCUT2D eigenvalue weighted by atomic mass is 10.0. The van der Waals surface area contributed by atoms with E-state index < -0.39 is 0 Å². The first-order chi connectivity index (χ1) is 13.7. The van der Waals surface area contributed by atoms with Crippen LogP contribution in [0.3, 0.4) is 0 Å². The SMILES string of the molecule is CCCCCCOc1ccc(N=Nc2ccc(-c3c(C)coc3C)cc2)cc1. The fourth-order valence-corrected chi connectivity index (χ4v) is 3.14. The first-order valence-electron chi connectivity index (χ1n) is 9.97. The summed E-state index contributed by atoms with van der Waals surface area (Å²) >= 11 is 0. The summed E-state index contributed by atoms with van der Waals surface area (Å²) in [7, 11) is 0. The van der Waals surface area contributed by atoms with E-state index in [1.165, 1.54) is 19.3 Å². The van der Waals surface area contributed by atoms with Gasteiger partial charge in [0, 0.05) is 5.56 Å². The van der Waals surface area contributed by atoms with Gasteiger partial charge in [-0.3, -0.25) is 0 Å². The van der Waals surface area contributed by atoms with Crippen LogP contribution >= 0.6 is 0 Å². The zero-order valence-electron chi connectivity index (χ0n) is 16.9. The van der Waals surface area contributed by atoms with Crippen LogP contribution in [0.1, 0.15) is 43.9 Å². The molecule has 28 heavy (non-hydrogen) atoms. The van der Waals surface area contributed by atoms with E-state index >= 15 is 0 Å².